The molecule has 0 unspecified atom stereocenters. The zero-order chi connectivity index (χ0) is 14.7. The number of hydrogen-bond acceptors (Lipinski definition) is 4. The largest absolute Gasteiger partial charge is 0.493 e. The fourth-order valence-corrected chi connectivity index (χ4v) is 1.98. The predicted octanol–water partition coefficient (Wildman–Crippen LogP) is 4.39. The second-order valence-electron chi connectivity index (χ2n) is 3.90. The number of ether oxygens (including phenoxy) is 3. The number of hydrogen-bond donors (Lipinski definition) is 1. The predicted molar refractivity (Wildman–Crippen MR) is 80.5 cm³/mol. The van der Waals surface area contributed by atoms with Crippen molar-refractivity contribution in [2.45, 2.75) is 0 Å². The maximum atomic E-state index is 6.07. The molecule has 0 aromatic heterocycles. The van der Waals surface area contributed by atoms with Crippen LogP contribution < -0.4 is 19.9 Å². The molecule has 0 saturated heterocycles. The third-order valence-corrected chi connectivity index (χ3v) is 3.45. The van der Waals surface area contributed by atoms with Crippen molar-refractivity contribution in [1.29, 1.82) is 0 Å². The monoisotopic (exact) mass is 313 g/mol. The van der Waals surface area contributed by atoms with E-state index in [-0.39, 0.29) is 0 Å². The van der Waals surface area contributed by atoms with Crippen LogP contribution in [0.2, 0.25) is 10.0 Å². The van der Waals surface area contributed by atoms with Gasteiger partial charge >= 0.3 is 0 Å². The van der Waals surface area contributed by atoms with Gasteiger partial charge in [-0.25, -0.2) is 0 Å². The lowest BCUT2D eigenvalue weighted by Gasteiger charge is -2.14. The molecule has 0 radical (unpaired) electrons. The van der Waals surface area contributed by atoms with E-state index in [9.17, 15) is 0 Å². The molecule has 0 aliphatic heterocycles. The van der Waals surface area contributed by atoms with E-state index in [0.717, 1.165) is 0 Å². The molecule has 0 saturated carbocycles. The molecular weight excluding hydrogens is 301 g/mol. The summed E-state index contributed by atoms with van der Waals surface area (Å²) in [5, 5.41) is 0.728. The highest BCUT2D eigenvalue weighted by Crippen LogP contribution is 2.41. The summed E-state index contributed by atoms with van der Waals surface area (Å²) in [6.45, 7) is 0. The quantitative estimate of drug-likeness (QED) is 0.851. The summed E-state index contributed by atoms with van der Waals surface area (Å²) < 4.78 is 16.0. The van der Waals surface area contributed by atoms with E-state index in [1.165, 1.54) is 14.2 Å². The number of nitrogens with two attached hydrogens (primary N) is 1. The molecule has 2 rings (SSSR count). The highest BCUT2D eigenvalue weighted by atomic mass is 35.5. The summed E-state index contributed by atoms with van der Waals surface area (Å²) in [5.41, 5.74) is 6.32. The van der Waals surface area contributed by atoms with Gasteiger partial charge in [-0.3, -0.25) is 0 Å². The molecule has 6 heteroatoms. The van der Waals surface area contributed by atoms with Gasteiger partial charge in [-0.1, -0.05) is 29.3 Å². The van der Waals surface area contributed by atoms with Crippen molar-refractivity contribution in [3.63, 3.8) is 0 Å². The van der Waals surface area contributed by atoms with Crippen molar-refractivity contribution < 1.29 is 14.2 Å². The van der Waals surface area contributed by atoms with E-state index < -0.39 is 0 Å². The number of halogens is 2. The van der Waals surface area contributed by atoms with E-state index in [1.807, 2.05) is 0 Å². The summed E-state index contributed by atoms with van der Waals surface area (Å²) in [5.74, 6) is 1.86. The second kappa shape index (κ2) is 6.11. The van der Waals surface area contributed by atoms with Gasteiger partial charge < -0.3 is 19.9 Å². The van der Waals surface area contributed by atoms with Crippen molar-refractivity contribution >= 4 is 28.9 Å². The fourth-order valence-electron chi connectivity index (χ4n) is 1.65. The van der Waals surface area contributed by atoms with Crippen molar-refractivity contribution in [3.05, 3.63) is 40.4 Å². The molecule has 106 valence electrons. The van der Waals surface area contributed by atoms with Crippen LogP contribution in [0.15, 0.2) is 30.3 Å². The van der Waals surface area contributed by atoms with Crippen LogP contribution in [0.4, 0.5) is 5.69 Å². The molecule has 2 aromatic rings. The summed E-state index contributed by atoms with van der Waals surface area (Å²) in [6.07, 6.45) is 0. The summed E-state index contributed by atoms with van der Waals surface area (Å²) in [7, 11) is 3.07. The highest BCUT2D eigenvalue weighted by molar-refractivity contribution is 6.42. The average molecular weight is 314 g/mol. The van der Waals surface area contributed by atoms with Crippen molar-refractivity contribution in [2.75, 3.05) is 20.0 Å². The number of methoxy groups -OCH3 is 2. The minimum Gasteiger partial charge on any atom is -0.493 e. The minimum atomic E-state index is 0.323. The van der Waals surface area contributed by atoms with Crippen LogP contribution in [0.25, 0.3) is 0 Å². The van der Waals surface area contributed by atoms with Crippen LogP contribution in [0, 0.1) is 0 Å². The van der Waals surface area contributed by atoms with E-state index in [2.05, 4.69) is 0 Å². The maximum absolute atomic E-state index is 6.07. The summed E-state index contributed by atoms with van der Waals surface area (Å²) in [6, 6.07) is 8.36. The number of benzene rings is 2. The SMILES string of the molecule is COc1cc(N)c(Oc2cccc(Cl)c2Cl)cc1OC. The van der Waals surface area contributed by atoms with Crippen molar-refractivity contribution in [1.82, 2.24) is 0 Å². The van der Waals surface area contributed by atoms with E-state index in [4.69, 9.17) is 43.1 Å². The van der Waals surface area contributed by atoms with Gasteiger partial charge in [0.1, 0.15) is 10.8 Å². The lowest BCUT2D eigenvalue weighted by molar-refractivity contribution is 0.352. The van der Waals surface area contributed by atoms with Gasteiger partial charge in [-0.15, -0.1) is 0 Å². The van der Waals surface area contributed by atoms with Gasteiger partial charge in [0, 0.05) is 12.1 Å². The average Bonchev–Trinajstić information content (AvgIpc) is 2.45. The maximum Gasteiger partial charge on any atom is 0.164 e. The first kappa shape index (κ1) is 14.6. The minimum absolute atomic E-state index is 0.323. The molecule has 2 N–H and O–H groups in total. The lowest BCUT2D eigenvalue weighted by Crippen LogP contribution is -1.97. The van der Waals surface area contributed by atoms with Crippen LogP contribution in [0.1, 0.15) is 0 Å². The molecule has 20 heavy (non-hydrogen) atoms. The number of rotatable bonds is 4. The number of anilines is 1. The Balaban J connectivity index is 2.41. The van der Waals surface area contributed by atoms with Gasteiger partial charge in [0.05, 0.1) is 24.9 Å². The molecule has 0 amide bonds. The third-order valence-electron chi connectivity index (χ3n) is 2.65. The van der Waals surface area contributed by atoms with Crippen LogP contribution in [0.3, 0.4) is 0 Å². The molecule has 0 aliphatic carbocycles. The molecular formula is C14H13Cl2NO3. The Kier molecular flexibility index (Phi) is 4.47. The highest BCUT2D eigenvalue weighted by Gasteiger charge is 2.13. The Bertz CT molecular complexity index is 632. The van der Waals surface area contributed by atoms with Crippen molar-refractivity contribution in [2.24, 2.45) is 0 Å². The van der Waals surface area contributed by atoms with Gasteiger partial charge in [-0.2, -0.15) is 0 Å². The van der Waals surface area contributed by atoms with E-state index in [0.29, 0.717) is 38.7 Å². The molecule has 0 bridgehead atoms. The smallest absolute Gasteiger partial charge is 0.164 e. The van der Waals surface area contributed by atoms with Crippen LogP contribution >= 0.6 is 23.2 Å². The zero-order valence-electron chi connectivity index (χ0n) is 10.9. The lowest BCUT2D eigenvalue weighted by atomic mass is 10.2. The molecule has 2 aromatic carbocycles. The molecule has 0 atom stereocenters. The topological polar surface area (TPSA) is 53.7 Å². The molecule has 4 nitrogen and oxygen atoms in total. The van der Waals surface area contributed by atoms with E-state index >= 15 is 0 Å². The molecule has 0 aliphatic rings. The molecule has 0 spiro atoms. The normalized spacial score (nSPS) is 10.2. The Morgan fingerprint density at radius 2 is 1.55 bits per heavy atom. The zero-order valence-corrected chi connectivity index (χ0v) is 12.5. The van der Waals surface area contributed by atoms with Gasteiger partial charge in [-0.05, 0) is 12.1 Å². The first-order valence-electron chi connectivity index (χ1n) is 5.70. The first-order chi connectivity index (χ1) is 9.56. The van der Waals surface area contributed by atoms with Crippen LogP contribution in [0.5, 0.6) is 23.0 Å². The standard InChI is InChI=1S/C14H13Cl2NO3/c1-18-12-6-9(17)11(7-13(12)19-2)20-10-5-3-4-8(15)14(10)16/h3-7H,17H2,1-2H3. The Morgan fingerprint density at radius 3 is 2.20 bits per heavy atom. The molecule has 0 fully saturated rings. The Hall–Kier alpha value is -1.78. The number of nitrogen functional groups attached to an aromatic ring is 1. The first-order valence-corrected chi connectivity index (χ1v) is 6.45. The van der Waals surface area contributed by atoms with Gasteiger partial charge in [0.2, 0.25) is 0 Å². The van der Waals surface area contributed by atoms with Crippen LogP contribution in [-0.4, -0.2) is 14.2 Å². The van der Waals surface area contributed by atoms with Gasteiger partial charge in [0.25, 0.3) is 0 Å². The fraction of sp³-hybridized carbons (Fsp3) is 0.143. The Labute approximate surface area is 127 Å². The summed E-state index contributed by atoms with van der Waals surface area (Å²) in [4.78, 5) is 0. The van der Waals surface area contributed by atoms with Gasteiger partial charge in [0.15, 0.2) is 17.2 Å². The van der Waals surface area contributed by atoms with E-state index in [1.54, 1.807) is 30.3 Å². The van der Waals surface area contributed by atoms with Crippen LogP contribution in [-0.2, 0) is 0 Å². The Morgan fingerprint density at radius 1 is 0.900 bits per heavy atom. The van der Waals surface area contributed by atoms with Crippen molar-refractivity contribution in [3.8, 4) is 23.0 Å². The third kappa shape index (κ3) is 2.86. The molecule has 0 heterocycles. The second-order valence-corrected chi connectivity index (χ2v) is 4.68. The summed E-state index contributed by atoms with van der Waals surface area (Å²) >= 11 is 12.0.